The zero-order valence-electron chi connectivity index (χ0n) is 20.4. The second-order valence-corrected chi connectivity index (χ2v) is 9.98. The molecule has 0 saturated carbocycles. The molecule has 0 bridgehead atoms. The average Bonchev–Trinajstić information content (AvgIpc) is 2.84. The van der Waals surface area contributed by atoms with Gasteiger partial charge in [0.15, 0.2) is 0 Å². The van der Waals surface area contributed by atoms with Crippen LogP contribution in [-0.4, -0.2) is 62.7 Å². The van der Waals surface area contributed by atoms with E-state index in [1.165, 1.54) is 11.4 Å². The van der Waals surface area contributed by atoms with E-state index in [2.05, 4.69) is 5.32 Å². The van der Waals surface area contributed by atoms with Crippen LogP contribution < -0.4 is 10.1 Å². The summed E-state index contributed by atoms with van der Waals surface area (Å²) in [4.78, 5) is 27.7. The summed E-state index contributed by atoms with van der Waals surface area (Å²) in [6, 6.07) is 14.9. The Labute approximate surface area is 202 Å². The van der Waals surface area contributed by atoms with E-state index < -0.39 is 16.1 Å². The maximum atomic E-state index is 13.2. The number of ether oxygens (including phenoxy) is 1. The maximum absolute atomic E-state index is 13.2. The molecular formula is C25H35N3O5S. The number of carbonyl (C=O) groups excluding carboxylic acids is 2. The largest absolute Gasteiger partial charge is 0.497 e. The number of methoxy groups -OCH3 is 1. The molecule has 0 aliphatic rings. The number of hydrogen-bond acceptors (Lipinski definition) is 5. The molecule has 0 heterocycles. The fourth-order valence-electron chi connectivity index (χ4n) is 3.63. The molecule has 186 valence electrons. The van der Waals surface area contributed by atoms with Gasteiger partial charge in [-0.15, -0.1) is 0 Å². The van der Waals surface area contributed by atoms with Crippen LogP contribution in [0, 0.1) is 0 Å². The number of hydrogen-bond donors (Lipinski definition) is 1. The number of benzene rings is 2. The van der Waals surface area contributed by atoms with Crippen LogP contribution in [0.25, 0.3) is 0 Å². The highest BCUT2D eigenvalue weighted by atomic mass is 32.2. The molecule has 0 aromatic heterocycles. The Morgan fingerprint density at radius 1 is 1.03 bits per heavy atom. The van der Waals surface area contributed by atoms with Gasteiger partial charge in [-0.1, -0.05) is 37.3 Å². The van der Waals surface area contributed by atoms with Crippen molar-refractivity contribution in [2.75, 3.05) is 27.2 Å². The first-order valence-electron chi connectivity index (χ1n) is 11.5. The molecule has 8 nitrogen and oxygen atoms in total. The molecule has 0 radical (unpaired) electrons. The van der Waals surface area contributed by atoms with Crippen molar-refractivity contribution in [3.63, 3.8) is 0 Å². The van der Waals surface area contributed by atoms with Crippen molar-refractivity contribution in [1.29, 1.82) is 0 Å². The van der Waals surface area contributed by atoms with Crippen LogP contribution in [0.2, 0.25) is 0 Å². The van der Waals surface area contributed by atoms with E-state index in [1.807, 2.05) is 38.1 Å². The summed E-state index contributed by atoms with van der Waals surface area (Å²) < 4.78 is 31.9. The Bertz CT molecular complexity index is 1030. The minimum absolute atomic E-state index is 0.126. The summed E-state index contributed by atoms with van der Waals surface area (Å²) in [5, 5.41) is 2.81. The molecule has 34 heavy (non-hydrogen) atoms. The van der Waals surface area contributed by atoms with Gasteiger partial charge in [-0.05, 0) is 49.6 Å². The van der Waals surface area contributed by atoms with E-state index in [9.17, 15) is 18.0 Å². The third kappa shape index (κ3) is 7.30. The number of rotatable bonds is 13. The predicted molar refractivity (Wildman–Crippen MR) is 132 cm³/mol. The summed E-state index contributed by atoms with van der Waals surface area (Å²) in [7, 11) is -0.531. The van der Waals surface area contributed by atoms with Gasteiger partial charge in [-0.3, -0.25) is 9.59 Å². The lowest BCUT2D eigenvalue weighted by molar-refractivity contribution is -0.141. The van der Waals surface area contributed by atoms with E-state index in [-0.39, 0.29) is 36.2 Å². The second-order valence-electron chi connectivity index (χ2n) is 7.93. The number of amides is 2. The maximum Gasteiger partial charge on any atom is 0.242 e. The normalized spacial score (nSPS) is 12.3. The number of likely N-dealkylation sites (N-methyl/N-ethyl adjacent to an activating group) is 1. The fourth-order valence-corrected chi connectivity index (χ4v) is 4.86. The standard InChI is InChI=1S/C25H35N3O5S/c1-5-23(25(30)26-6-2)28(19-20-14-16-21(33-4)17-15-20)24(29)13-10-18-27(3)34(31,32)22-11-8-7-9-12-22/h7-9,11-12,14-17,23H,5-6,10,13,18-19H2,1-4H3,(H,26,30)/t23-/m0/s1. The SMILES string of the molecule is CCNC(=O)[C@H](CC)N(Cc1ccc(OC)cc1)C(=O)CCCN(C)S(=O)(=O)c1ccccc1. The molecule has 1 atom stereocenters. The Morgan fingerprint density at radius 3 is 2.24 bits per heavy atom. The highest BCUT2D eigenvalue weighted by Gasteiger charge is 2.28. The van der Waals surface area contributed by atoms with E-state index in [0.717, 1.165) is 5.56 Å². The minimum Gasteiger partial charge on any atom is -0.497 e. The van der Waals surface area contributed by atoms with Crippen molar-refractivity contribution in [3.8, 4) is 5.75 Å². The fraction of sp³-hybridized carbons (Fsp3) is 0.440. The molecule has 2 amide bonds. The van der Waals surface area contributed by atoms with Crippen molar-refractivity contribution < 1.29 is 22.7 Å². The van der Waals surface area contributed by atoms with Crippen LogP contribution in [0.5, 0.6) is 5.75 Å². The lowest BCUT2D eigenvalue weighted by atomic mass is 10.1. The quantitative estimate of drug-likeness (QED) is 0.467. The molecule has 0 unspecified atom stereocenters. The number of sulfonamides is 1. The van der Waals surface area contributed by atoms with Crippen LogP contribution in [0.4, 0.5) is 0 Å². The smallest absolute Gasteiger partial charge is 0.242 e. The van der Waals surface area contributed by atoms with Gasteiger partial charge in [0, 0.05) is 33.1 Å². The van der Waals surface area contributed by atoms with Crippen LogP contribution in [-0.2, 0) is 26.2 Å². The van der Waals surface area contributed by atoms with E-state index in [0.29, 0.717) is 25.1 Å². The van der Waals surface area contributed by atoms with Crippen molar-refractivity contribution in [2.24, 2.45) is 0 Å². The van der Waals surface area contributed by atoms with Gasteiger partial charge < -0.3 is 15.0 Å². The molecular weight excluding hydrogens is 454 g/mol. The minimum atomic E-state index is -3.62. The Hall–Kier alpha value is -2.91. The summed E-state index contributed by atoms with van der Waals surface area (Å²) in [5.41, 5.74) is 0.876. The van der Waals surface area contributed by atoms with E-state index >= 15 is 0 Å². The Balaban J connectivity index is 2.11. The molecule has 0 saturated heterocycles. The topological polar surface area (TPSA) is 96.0 Å². The molecule has 2 aromatic carbocycles. The summed E-state index contributed by atoms with van der Waals surface area (Å²) >= 11 is 0. The van der Waals surface area contributed by atoms with Crippen molar-refractivity contribution in [2.45, 2.75) is 50.6 Å². The Kier molecular flexibility index (Phi) is 10.5. The summed E-state index contributed by atoms with van der Waals surface area (Å²) in [6.45, 7) is 4.65. The molecule has 0 aliphatic carbocycles. The molecule has 1 N–H and O–H groups in total. The first-order valence-corrected chi connectivity index (χ1v) is 12.9. The average molecular weight is 490 g/mol. The van der Waals surface area contributed by atoms with Gasteiger partial charge in [0.25, 0.3) is 0 Å². The van der Waals surface area contributed by atoms with Gasteiger partial charge in [-0.25, -0.2) is 12.7 Å². The molecule has 0 fully saturated rings. The zero-order valence-corrected chi connectivity index (χ0v) is 21.2. The lowest BCUT2D eigenvalue weighted by Crippen LogP contribution is -2.49. The number of nitrogens with zero attached hydrogens (tertiary/aromatic N) is 2. The highest BCUT2D eigenvalue weighted by molar-refractivity contribution is 7.89. The van der Waals surface area contributed by atoms with Gasteiger partial charge in [-0.2, -0.15) is 0 Å². The lowest BCUT2D eigenvalue weighted by Gasteiger charge is -2.31. The van der Waals surface area contributed by atoms with Crippen LogP contribution >= 0.6 is 0 Å². The third-order valence-corrected chi connectivity index (χ3v) is 7.44. The zero-order chi connectivity index (χ0) is 25.1. The second kappa shape index (κ2) is 13.1. The molecule has 2 aromatic rings. The molecule has 2 rings (SSSR count). The van der Waals surface area contributed by atoms with Gasteiger partial charge in [0.1, 0.15) is 11.8 Å². The van der Waals surface area contributed by atoms with Gasteiger partial charge in [0.05, 0.1) is 12.0 Å². The van der Waals surface area contributed by atoms with Gasteiger partial charge >= 0.3 is 0 Å². The first kappa shape index (κ1) is 27.3. The Morgan fingerprint density at radius 2 is 1.68 bits per heavy atom. The molecule has 0 spiro atoms. The van der Waals surface area contributed by atoms with Crippen molar-refractivity contribution >= 4 is 21.8 Å². The predicted octanol–water partition coefficient (Wildman–Crippen LogP) is 3.04. The highest BCUT2D eigenvalue weighted by Crippen LogP contribution is 2.18. The number of nitrogens with one attached hydrogen (secondary N) is 1. The van der Waals surface area contributed by atoms with Crippen LogP contribution in [0.15, 0.2) is 59.5 Å². The van der Waals surface area contributed by atoms with E-state index in [1.54, 1.807) is 42.3 Å². The van der Waals surface area contributed by atoms with Crippen LogP contribution in [0.3, 0.4) is 0 Å². The van der Waals surface area contributed by atoms with Gasteiger partial charge in [0.2, 0.25) is 21.8 Å². The monoisotopic (exact) mass is 489 g/mol. The number of carbonyl (C=O) groups is 2. The summed E-state index contributed by atoms with van der Waals surface area (Å²) in [6.07, 6.45) is 0.934. The van der Waals surface area contributed by atoms with Crippen molar-refractivity contribution in [3.05, 3.63) is 60.2 Å². The first-order chi connectivity index (χ1) is 16.2. The third-order valence-electron chi connectivity index (χ3n) is 5.56. The van der Waals surface area contributed by atoms with Crippen molar-refractivity contribution in [1.82, 2.24) is 14.5 Å². The molecule has 9 heteroatoms. The van der Waals surface area contributed by atoms with E-state index in [4.69, 9.17) is 4.74 Å². The molecule has 0 aliphatic heterocycles. The summed E-state index contributed by atoms with van der Waals surface area (Å²) in [5.74, 6) is 0.315. The van der Waals surface area contributed by atoms with Crippen LogP contribution in [0.1, 0.15) is 38.7 Å².